The van der Waals surface area contributed by atoms with Gasteiger partial charge in [0.05, 0.1) is 12.3 Å². The summed E-state index contributed by atoms with van der Waals surface area (Å²) in [6.07, 6.45) is 0.157. The van der Waals surface area contributed by atoms with E-state index < -0.39 is 46.3 Å². The molecule has 0 spiro atoms. The minimum atomic E-state index is -4.09. The standard InChI is InChI=1S/C21H33N7O8S/c22-6-11-36-21(32)26-10-13-37(33,34)28-17(19(30)31)14-27-18(29)15-2-4-16(5-3-15)35-12-9-25-20-23-7-1-8-24-20/h2-5,17,28H,1,6-14,22H2,(H,26,32)(H,27,29)(H,30,31)(H2,23,24,25)/t17-/m0/s1. The summed E-state index contributed by atoms with van der Waals surface area (Å²) in [5, 5.41) is 20.2. The number of carboxylic acids is 1. The van der Waals surface area contributed by atoms with Crippen LogP contribution in [0.1, 0.15) is 16.8 Å². The molecule has 15 nitrogen and oxygen atoms in total. The van der Waals surface area contributed by atoms with Gasteiger partial charge in [0.25, 0.3) is 5.91 Å². The number of carboxylic acid groups (broad SMARTS) is 1. The van der Waals surface area contributed by atoms with Crippen molar-refractivity contribution in [3.63, 3.8) is 0 Å². The molecule has 2 amide bonds. The van der Waals surface area contributed by atoms with Crippen molar-refractivity contribution in [3.05, 3.63) is 29.8 Å². The molecular formula is C21H33N7O8S. The zero-order valence-corrected chi connectivity index (χ0v) is 21.0. The highest BCUT2D eigenvalue weighted by Crippen LogP contribution is 2.12. The van der Waals surface area contributed by atoms with Crippen molar-refractivity contribution < 1.29 is 37.4 Å². The number of aliphatic carboxylic acids is 1. The number of benzene rings is 1. The van der Waals surface area contributed by atoms with E-state index in [1.54, 1.807) is 12.1 Å². The molecule has 1 aromatic rings. The van der Waals surface area contributed by atoms with Gasteiger partial charge in [-0.25, -0.2) is 13.2 Å². The Morgan fingerprint density at radius 2 is 1.89 bits per heavy atom. The Labute approximate surface area is 214 Å². The Bertz CT molecular complexity index is 1030. The number of guanidine groups is 1. The minimum Gasteiger partial charge on any atom is -0.492 e. The van der Waals surface area contributed by atoms with Gasteiger partial charge in [-0.05, 0) is 30.7 Å². The number of carbonyl (C=O) groups excluding carboxylic acids is 2. The number of sulfonamides is 1. The van der Waals surface area contributed by atoms with Crippen molar-refractivity contribution in [2.45, 2.75) is 12.5 Å². The molecule has 1 aliphatic rings. The van der Waals surface area contributed by atoms with Crippen molar-refractivity contribution in [2.75, 3.05) is 58.2 Å². The Balaban J connectivity index is 1.75. The maximum atomic E-state index is 12.4. The van der Waals surface area contributed by atoms with E-state index >= 15 is 0 Å². The van der Waals surface area contributed by atoms with Crippen LogP contribution >= 0.6 is 0 Å². The first kappa shape index (κ1) is 29.6. The maximum Gasteiger partial charge on any atom is 0.407 e. The highest BCUT2D eigenvalue weighted by atomic mass is 32.2. The largest absolute Gasteiger partial charge is 0.492 e. The quantitative estimate of drug-likeness (QED) is 0.117. The fourth-order valence-electron chi connectivity index (χ4n) is 2.93. The zero-order chi connectivity index (χ0) is 27.1. The Hall–Kier alpha value is -3.63. The molecule has 1 heterocycles. The molecule has 0 radical (unpaired) electrons. The van der Waals surface area contributed by atoms with E-state index in [0.29, 0.717) is 18.9 Å². The number of nitrogens with one attached hydrogen (secondary N) is 5. The first-order chi connectivity index (χ1) is 17.7. The third kappa shape index (κ3) is 11.8. The van der Waals surface area contributed by atoms with E-state index in [1.807, 2.05) is 4.72 Å². The van der Waals surface area contributed by atoms with Gasteiger partial charge in [0.2, 0.25) is 10.0 Å². The molecule has 1 atom stereocenters. The van der Waals surface area contributed by atoms with Gasteiger partial charge in [-0.15, -0.1) is 0 Å². The van der Waals surface area contributed by atoms with Crippen molar-refractivity contribution >= 4 is 34.0 Å². The van der Waals surface area contributed by atoms with Gasteiger partial charge in [0, 0.05) is 38.3 Å². The summed E-state index contributed by atoms with van der Waals surface area (Å²) in [6, 6.07) is 4.57. The third-order valence-corrected chi connectivity index (χ3v) is 6.14. The third-order valence-electron chi connectivity index (χ3n) is 4.75. The van der Waals surface area contributed by atoms with E-state index in [0.717, 1.165) is 25.5 Å². The molecule has 0 aromatic heterocycles. The molecule has 37 heavy (non-hydrogen) atoms. The number of carbonyl (C=O) groups is 3. The highest BCUT2D eigenvalue weighted by molar-refractivity contribution is 7.89. The first-order valence-electron chi connectivity index (χ1n) is 11.6. The van der Waals surface area contributed by atoms with Crippen molar-refractivity contribution in [3.8, 4) is 5.75 Å². The summed E-state index contributed by atoms with van der Waals surface area (Å²) in [6.45, 7) is 1.84. The van der Waals surface area contributed by atoms with Crippen LogP contribution in [0.2, 0.25) is 0 Å². The van der Waals surface area contributed by atoms with Gasteiger partial charge in [-0.1, -0.05) is 0 Å². The molecule has 0 unspecified atom stereocenters. The molecule has 1 aliphatic heterocycles. The van der Waals surface area contributed by atoms with Crippen LogP contribution in [0, 0.1) is 0 Å². The fourth-order valence-corrected chi connectivity index (χ4v) is 4.04. The Morgan fingerprint density at radius 1 is 1.14 bits per heavy atom. The zero-order valence-electron chi connectivity index (χ0n) is 20.2. The van der Waals surface area contributed by atoms with Gasteiger partial charge >= 0.3 is 12.1 Å². The number of aliphatic imine (C=N–C) groups is 1. The topological polar surface area (TPSA) is 223 Å². The van der Waals surface area contributed by atoms with Crippen LogP contribution in [0.4, 0.5) is 4.79 Å². The number of rotatable bonds is 15. The lowest BCUT2D eigenvalue weighted by Gasteiger charge is -2.16. The molecule has 0 bridgehead atoms. The normalized spacial score (nSPS) is 13.9. The van der Waals surface area contributed by atoms with Gasteiger partial charge < -0.3 is 41.6 Å². The predicted octanol–water partition coefficient (Wildman–Crippen LogP) is -2.21. The van der Waals surface area contributed by atoms with Crippen LogP contribution < -0.4 is 36.5 Å². The van der Waals surface area contributed by atoms with Gasteiger partial charge in [-0.2, -0.15) is 4.72 Å². The molecule has 8 N–H and O–H groups in total. The second kappa shape index (κ2) is 15.5. The fraction of sp³-hybridized carbons (Fsp3) is 0.524. The van der Waals surface area contributed by atoms with Gasteiger partial charge in [0.15, 0.2) is 5.96 Å². The van der Waals surface area contributed by atoms with E-state index in [9.17, 15) is 27.9 Å². The number of nitrogens with zero attached hydrogens (tertiary/aromatic N) is 1. The summed E-state index contributed by atoms with van der Waals surface area (Å²) < 4.78 is 36.6. The number of hydrogen-bond acceptors (Lipinski definition) is 11. The number of hydrogen-bond donors (Lipinski definition) is 7. The van der Waals surface area contributed by atoms with Crippen molar-refractivity contribution in [1.29, 1.82) is 0 Å². The summed E-state index contributed by atoms with van der Waals surface area (Å²) in [7, 11) is -4.09. The lowest BCUT2D eigenvalue weighted by Crippen LogP contribution is -2.49. The molecule has 206 valence electrons. The molecule has 2 rings (SSSR count). The maximum absolute atomic E-state index is 12.4. The first-order valence-corrected chi connectivity index (χ1v) is 13.2. The van der Waals surface area contributed by atoms with Gasteiger partial charge in [0.1, 0.15) is 25.0 Å². The Morgan fingerprint density at radius 3 is 2.54 bits per heavy atom. The average Bonchev–Trinajstić information content (AvgIpc) is 2.88. The number of nitrogens with two attached hydrogens (primary N) is 1. The van der Waals surface area contributed by atoms with Crippen molar-refractivity contribution in [2.24, 2.45) is 10.7 Å². The number of amides is 2. The molecule has 0 saturated carbocycles. The summed E-state index contributed by atoms with van der Waals surface area (Å²) in [5.74, 6) is -1.39. The van der Waals surface area contributed by atoms with Gasteiger partial charge in [-0.3, -0.25) is 14.6 Å². The molecule has 0 saturated heterocycles. The molecule has 1 aromatic carbocycles. The van der Waals surface area contributed by atoms with Crippen LogP contribution in [-0.2, 0) is 19.6 Å². The smallest absolute Gasteiger partial charge is 0.407 e. The van der Waals surface area contributed by atoms with Crippen LogP contribution in [0.3, 0.4) is 0 Å². The monoisotopic (exact) mass is 543 g/mol. The minimum absolute atomic E-state index is 0.0285. The SMILES string of the molecule is NCCOC(=O)NCCS(=O)(=O)N[C@@H](CNC(=O)c1ccc(OCCNC2=NCCCN2)cc1)C(=O)O. The van der Waals surface area contributed by atoms with E-state index in [-0.39, 0.29) is 25.3 Å². The highest BCUT2D eigenvalue weighted by Gasteiger charge is 2.25. The van der Waals surface area contributed by atoms with E-state index in [4.69, 9.17) is 10.5 Å². The summed E-state index contributed by atoms with van der Waals surface area (Å²) >= 11 is 0. The summed E-state index contributed by atoms with van der Waals surface area (Å²) in [5.41, 5.74) is 5.42. The molecular weight excluding hydrogens is 510 g/mol. The molecule has 0 fully saturated rings. The van der Waals surface area contributed by atoms with E-state index in [2.05, 4.69) is 31.0 Å². The summed E-state index contributed by atoms with van der Waals surface area (Å²) in [4.78, 5) is 39.5. The molecule has 16 heteroatoms. The second-order valence-electron chi connectivity index (χ2n) is 7.70. The van der Waals surface area contributed by atoms with Crippen LogP contribution in [0.5, 0.6) is 5.75 Å². The average molecular weight is 544 g/mol. The van der Waals surface area contributed by atoms with Crippen molar-refractivity contribution in [1.82, 2.24) is 26.0 Å². The predicted molar refractivity (Wildman–Crippen MR) is 134 cm³/mol. The second-order valence-corrected chi connectivity index (χ2v) is 9.57. The van der Waals surface area contributed by atoms with Crippen LogP contribution in [-0.4, -0.2) is 102 Å². The van der Waals surface area contributed by atoms with Crippen LogP contribution in [0.25, 0.3) is 0 Å². The van der Waals surface area contributed by atoms with E-state index in [1.165, 1.54) is 12.1 Å². The Kier molecular flexibility index (Phi) is 12.4. The number of alkyl carbamates (subject to hydrolysis) is 1. The molecule has 0 aliphatic carbocycles. The lowest BCUT2D eigenvalue weighted by atomic mass is 10.2. The lowest BCUT2D eigenvalue weighted by molar-refractivity contribution is -0.138. The number of ether oxygens (including phenoxy) is 2. The van der Waals surface area contributed by atoms with Crippen LogP contribution in [0.15, 0.2) is 29.3 Å².